The number of nitrogens with zero attached hydrogens (tertiary/aromatic N) is 3. The van der Waals surface area contributed by atoms with Gasteiger partial charge in [-0.15, -0.1) is 0 Å². The molecule has 1 aromatic heterocycles. The van der Waals surface area contributed by atoms with Crippen molar-refractivity contribution in [2.45, 2.75) is 0 Å². The number of hydrogen-bond acceptors (Lipinski definition) is 6. The highest BCUT2D eigenvalue weighted by atomic mass is 16.1. The molecule has 20 heavy (non-hydrogen) atoms. The van der Waals surface area contributed by atoms with Gasteiger partial charge in [-0.05, 0) is 18.2 Å². The molecule has 7 heteroatoms. The first-order valence-corrected chi connectivity index (χ1v) is 6.01. The smallest absolute Gasteiger partial charge is 0.219 e. The zero-order chi connectivity index (χ0) is 14.5. The zero-order valence-corrected chi connectivity index (χ0v) is 11.3. The number of hydrogen-bond donors (Lipinski definition) is 3. The normalized spacial score (nSPS) is 9.90. The number of carbonyl (C=O) groups excluding carboxylic acids is 1. The van der Waals surface area contributed by atoms with Crippen LogP contribution in [0.5, 0.6) is 0 Å². The van der Waals surface area contributed by atoms with Gasteiger partial charge in [-0.25, -0.2) is 9.97 Å². The van der Waals surface area contributed by atoms with E-state index in [0.29, 0.717) is 23.6 Å². The van der Waals surface area contributed by atoms with Crippen LogP contribution >= 0.6 is 0 Å². The summed E-state index contributed by atoms with van der Waals surface area (Å²) in [4.78, 5) is 20.9. The van der Waals surface area contributed by atoms with Crippen molar-refractivity contribution in [1.82, 2.24) is 9.97 Å². The molecule has 0 saturated heterocycles. The van der Waals surface area contributed by atoms with E-state index in [2.05, 4.69) is 20.6 Å². The average molecular weight is 272 g/mol. The highest BCUT2D eigenvalue weighted by Crippen LogP contribution is 2.32. The van der Waals surface area contributed by atoms with Gasteiger partial charge in [0.2, 0.25) is 6.41 Å². The molecule has 2 rings (SSSR count). The molecule has 0 saturated carbocycles. The molecule has 0 aliphatic heterocycles. The maximum absolute atomic E-state index is 11.5. The van der Waals surface area contributed by atoms with E-state index in [1.165, 1.54) is 11.2 Å². The van der Waals surface area contributed by atoms with Crippen molar-refractivity contribution in [3.8, 4) is 0 Å². The molecule has 104 valence electrons. The molecule has 0 unspecified atom stereocenters. The molecule has 1 heterocycles. The Labute approximate surface area is 116 Å². The first kappa shape index (κ1) is 13.6. The van der Waals surface area contributed by atoms with E-state index in [4.69, 9.17) is 5.73 Å². The number of carbonyl (C=O) groups is 1. The van der Waals surface area contributed by atoms with Gasteiger partial charge in [-0.2, -0.15) is 0 Å². The molecular weight excluding hydrogens is 256 g/mol. The van der Waals surface area contributed by atoms with Gasteiger partial charge in [0.05, 0.1) is 5.69 Å². The number of aromatic nitrogens is 2. The van der Waals surface area contributed by atoms with Gasteiger partial charge in [0.1, 0.15) is 12.0 Å². The van der Waals surface area contributed by atoms with Gasteiger partial charge in [-0.3, -0.25) is 9.69 Å². The summed E-state index contributed by atoms with van der Waals surface area (Å²) >= 11 is 0. The molecule has 2 aromatic rings. The lowest BCUT2D eigenvalue weighted by atomic mass is 10.2. The third-order valence-electron chi connectivity index (χ3n) is 2.85. The summed E-state index contributed by atoms with van der Waals surface area (Å²) in [5.74, 6) is 0.692. The number of rotatable bonds is 5. The minimum Gasteiger partial charge on any atom is -0.388 e. The van der Waals surface area contributed by atoms with E-state index in [1.54, 1.807) is 7.05 Å². The molecule has 0 radical (unpaired) electrons. The number of amides is 1. The Morgan fingerprint density at radius 2 is 2.05 bits per heavy atom. The second-order valence-electron chi connectivity index (χ2n) is 3.98. The monoisotopic (exact) mass is 272 g/mol. The average Bonchev–Trinajstić information content (AvgIpc) is 2.48. The minimum absolute atomic E-state index is 0.286. The molecule has 0 aliphatic rings. The topological polar surface area (TPSA) is 96.2 Å². The van der Waals surface area contributed by atoms with Crippen molar-refractivity contribution < 1.29 is 4.79 Å². The van der Waals surface area contributed by atoms with Crippen LogP contribution in [-0.4, -0.2) is 30.5 Å². The molecule has 0 bridgehead atoms. The predicted molar refractivity (Wildman–Crippen MR) is 80.2 cm³/mol. The van der Waals surface area contributed by atoms with Crippen LogP contribution in [0.2, 0.25) is 0 Å². The Morgan fingerprint density at radius 3 is 2.70 bits per heavy atom. The third kappa shape index (κ3) is 2.46. The van der Waals surface area contributed by atoms with Gasteiger partial charge < -0.3 is 16.4 Å². The SMILES string of the molecule is CNc1cccc(N(C=O)c2ncnc(N)c2NC)c1. The summed E-state index contributed by atoms with van der Waals surface area (Å²) < 4.78 is 0. The summed E-state index contributed by atoms with van der Waals surface area (Å²) in [5, 5.41) is 5.93. The number of anilines is 5. The number of benzene rings is 1. The van der Waals surface area contributed by atoms with Crippen molar-refractivity contribution >= 4 is 35.1 Å². The van der Waals surface area contributed by atoms with Crippen LogP contribution in [0.15, 0.2) is 30.6 Å². The summed E-state index contributed by atoms with van der Waals surface area (Å²) in [5.41, 5.74) is 7.87. The number of nitrogens with two attached hydrogens (primary N) is 1. The maximum atomic E-state index is 11.5. The Morgan fingerprint density at radius 1 is 1.25 bits per heavy atom. The molecule has 0 aliphatic carbocycles. The van der Waals surface area contributed by atoms with E-state index >= 15 is 0 Å². The van der Waals surface area contributed by atoms with Gasteiger partial charge in [-0.1, -0.05) is 6.07 Å². The lowest BCUT2D eigenvalue weighted by Crippen LogP contribution is -2.18. The van der Waals surface area contributed by atoms with Gasteiger partial charge in [0.15, 0.2) is 11.6 Å². The lowest BCUT2D eigenvalue weighted by Gasteiger charge is -2.20. The maximum Gasteiger partial charge on any atom is 0.219 e. The number of nitrogen functional groups attached to an aromatic ring is 1. The number of nitrogens with one attached hydrogen (secondary N) is 2. The van der Waals surface area contributed by atoms with Crippen molar-refractivity contribution in [1.29, 1.82) is 0 Å². The molecule has 7 nitrogen and oxygen atoms in total. The summed E-state index contributed by atoms with van der Waals surface area (Å²) in [6, 6.07) is 7.40. The molecule has 0 atom stereocenters. The quantitative estimate of drug-likeness (QED) is 0.713. The van der Waals surface area contributed by atoms with Crippen LogP contribution in [0.25, 0.3) is 0 Å². The standard InChI is InChI=1S/C13H16N6O/c1-15-9-4-3-5-10(6-9)19(8-20)13-11(16-2)12(14)17-7-18-13/h3-8,15-16H,1-2H3,(H2,14,17,18). The van der Waals surface area contributed by atoms with Crippen LogP contribution < -0.4 is 21.3 Å². The van der Waals surface area contributed by atoms with Crippen molar-refractivity contribution in [2.75, 3.05) is 35.4 Å². The Balaban J connectivity index is 2.52. The lowest BCUT2D eigenvalue weighted by molar-refractivity contribution is -0.106. The van der Waals surface area contributed by atoms with E-state index in [-0.39, 0.29) is 5.82 Å². The van der Waals surface area contributed by atoms with Crippen LogP contribution in [-0.2, 0) is 4.79 Å². The molecule has 1 amide bonds. The fraction of sp³-hybridized carbons (Fsp3) is 0.154. The second kappa shape index (κ2) is 5.87. The molecule has 1 aromatic carbocycles. The molecule has 0 spiro atoms. The van der Waals surface area contributed by atoms with E-state index < -0.39 is 0 Å². The largest absolute Gasteiger partial charge is 0.388 e. The summed E-state index contributed by atoms with van der Waals surface area (Å²) in [6.07, 6.45) is 2.02. The molecule has 4 N–H and O–H groups in total. The Bertz CT molecular complexity index is 616. The van der Waals surface area contributed by atoms with E-state index in [0.717, 1.165) is 5.69 Å². The van der Waals surface area contributed by atoms with Crippen molar-refractivity contribution in [2.24, 2.45) is 0 Å². The van der Waals surface area contributed by atoms with Crippen LogP contribution in [0.3, 0.4) is 0 Å². The highest BCUT2D eigenvalue weighted by molar-refractivity contribution is 5.92. The highest BCUT2D eigenvalue weighted by Gasteiger charge is 2.16. The summed E-state index contributed by atoms with van der Waals surface area (Å²) in [7, 11) is 3.51. The van der Waals surface area contributed by atoms with Crippen molar-refractivity contribution in [3.05, 3.63) is 30.6 Å². The van der Waals surface area contributed by atoms with Gasteiger partial charge in [0.25, 0.3) is 0 Å². The summed E-state index contributed by atoms with van der Waals surface area (Å²) in [6.45, 7) is 0. The van der Waals surface area contributed by atoms with Crippen LogP contribution in [0, 0.1) is 0 Å². The first-order chi connectivity index (χ1) is 9.71. The van der Waals surface area contributed by atoms with Crippen molar-refractivity contribution in [3.63, 3.8) is 0 Å². The van der Waals surface area contributed by atoms with E-state index in [9.17, 15) is 4.79 Å². The zero-order valence-electron chi connectivity index (χ0n) is 11.3. The Kier molecular flexibility index (Phi) is 3.99. The fourth-order valence-electron chi connectivity index (χ4n) is 1.86. The molecule has 0 fully saturated rings. The van der Waals surface area contributed by atoms with Gasteiger partial charge >= 0.3 is 0 Å². The molecular formula is C13H16N6O. The minimum atomic E-state index is 0.286. The Hall–Kier alpha value is -2.83. The van der Waals surface area contributed by atoms with E-state index in [1.807, 2.05) is 31.3 Å². The van der Waals surface area contributed by atoms with Crippen LogP contribution in [0.4, 0.5) is 28.7 Å². The second-order valence-corrected chi connectivity index (χ2v) is 3.98. The fourth-order valence-corrected chi connectivity index (χ4v) is 1.86. The van der Waals surface area contributed by atoms with Crippen LogP contribution in [0.1, 0.15) is 0 Å². The predicted octanol–water partition coefficient (Wildman–Crippen LogP) is 1.44. The first-order valence-electron chi connectivity index (χ1n) is 6.01. The third-order valence-corrected chi connectivity index (χ3v) is 2.85. The van der Waals surface area contributed by atoms with Gasteiger partial charge in [0, 0.05) is 19.8 Å².